The molecule has 2 unspecified atom stereocenters. The lowest BCUT2D eigenvalue weighted by atomic mass is 10.00. The van der Waals surface area contributed by atoms with Gasteiger partial charge in [0, 0.05) is 5.92 Å². The van der Waals surface area contributed by atoms with Crippen LogP contribution in [-0.2, 0) is 0 Å². The average molecular weight is 226 g/mol. The molecule has 1 aromatic rings. The number of aromatic nitrogens is 2. The van der Waals surface area contributed by atoms with Gasteiger partial charge in [-0.25, -0.2) is 0 Å². The van der Waals surface area contributed by atoms with Crippen LogP contribution in [0.1, 0.15) is 63.8 Å². The van der Waals surface area contributed by atoms with Gasteiger partial charge < -0.3 is 0 Å². The maximum atomic E-state index is 4.18. The van der Waals surface area contributed by atoms with Crippen LogP contribution in [-0.4, -0.2) is 10.2 Å². The highest BCUT2D eigenvalue weighted by Crippen LogP contribution is 2.34. The molecule has 1 aliphatic carbocycles. The fourth-order valence-electron chi connectivity index (χ4n) is 2.09. The van der Waals surface area contributed by atoms with E-state index in [1.165, 1.54) is 37.1 Å². The topological polar surface area (TPSA) is 25.8 Å². The molecule has 3 heteroatoms. The molecular weight excluding hydrogens is 204 g/mol. The van der Waals surface area contributed by atoms with Gasteiger partial charge in [0.1, 0.15) is 10.5 Å². The van der Waals surface area contributed by atoms with Crippen molar-refractivity contribution in [2.24, 2.45) is 5.92 Å². The third-order valence-electron chi connectivity index (χ3n) is 2.98. The molecule has 2 nitrogen and oxygen atoms in total. The third kappa shape index (κ3) is 3.90. The van der Waals surface area contributed by atoms with Crippen LogP contribution in [0.4, 0.5) is 0 Å². The summed E-state index contributed by atoms with van der Waals surface area (Å²) in [6.07, 6.45) is 6.76. The normalized spacial score (nSPS) is 26.3. The van der Waals surface area contributed by atoms with E-state index in [0.29, 0.717) is 5.92 Å². The van der Waals surface area contributed by atoms with Crippen LogP contribution in [0.3, 0.4) is 0 Å². The van der Waals surface area contributed by atoms with Crippen LogP contribution < -0.4 is 0 Å². The van der Waals surface area contributed by atoms with Crippen molar-refractivity contribution in [2.75, 3.05) is 0 Å². The van der Waals surface area contributed by atoms with E-state index in [9.17, 15) is 0 Å². The molecule has 1 aliphatic rings. The molecule has 2 atom stereocenters. The summed E-state index contributed by atoms with van der Waals surface area (Å²) in [5.41, 5.74) is 1.85. The second-order valence-electron chi connectivity index (χ2n) is 4.09. The van der Waals surface area contributed by atoms with Crippen molar-refractivity contribution in [2.45, 2.75) is 58.8 Å². The molecule has 0 bridgehead atoms. The second-order valence-corrected chi connectivity index (χ2v) is 4.95. The van der Waals surface area contributed by atoms with Crippen LogP contribution in [0.2, 0.25) is 0 Å². The number of nitrogens with zero attached hydrogens (tertiary/aromatic N) is 2. The number of rotatable bonds is 1. The number of hydrogen-bond donors (Lipinski definition) is 0. The van der Waals surface area contributed by atoms with E-state index in [1.807, 2.05) is 19.4 Å². The summed E-state index contributed by atoms with van der Waals surface area (Å²) in [5.74, 6) is 1.62. The smallest absolute Gasteiger partial charge is 0.120 e. The summed E-state index contributed by atoms with van der Waals surface area (Å²) in [4.78, 5) is 0. The molecular formula is C12H22N2S. The van der Waals surface area contributed by atoms with Gasteiger partial charge in [-0.15, -0.1) is 21.5 Å². The lowest BCUT2D eigenvalue weighted by Gasteiger charge is -2.09. The summed E-state index contributed by atoms with van der Waals surface area (Å²) < 4.78 is 0. The number of hydrogen-bond acceptors (Lipinski definition) is 3. The van der Waals surface area contributed by atoms with E-state index in [1.54, 1.807) is 11.3 Å². The van der Waals surface area contributed by atoms with Gasteiger partial charge in [0.15, 0.2) is 0 Å². The molecule has 1 saturated carbocycles. The lowest BCUT2D eigenvalue weighted by Crippen LogP contribution is -1.97. The third-order valence-corrected chi connectivity index (χ3v) is 3.84. The summed E-state index contributed by atoms with van der Waals surface area (Å²) >= 11 is 1.72. The Balaban J connectivity index is 0.000000531. The zero-order chi connectivity index (χ0) is 11.1. The highest BCUT2D eigenvalue weighted by molar-refractivity contribution is 7.09. The molecule has 1 fully saturated rings. The second kappa shape index (κ2) is 6.94. The van der Waals surface area contributed by atoms with Gasteiger partial charge in [-0.05, 0) is 18.8 Å². The van der Waals surface area contributed by atoms with Crippen molar-refractivity contribution in [3.63, 3.8) is 0 Å². The molecule has 15 heavy (non-hydrogen) atoms. The molecule has 0 amide bonds. The first-order valence-corrected chi connectivity index (χ1v) is 7.00. The Morgan fingerprint density at radius 2 is 2.00 bits per heavy atom. The van der Waals surface area contributed by atoms with E-state index < -0.39 is 0 Å². The van der Waals surface area contributed by atoms with Gasteiger partial charge in [-0.2, -0.15) is 0 Å². The maximum Gasteiger partial charge on any atom is 0.120 e. The Hall–Kier alpha value is -0.440. The Morgan fingerprint density at radius 1 is 1.20 bits per heavy atom. The quantitative estimate of drug-likeness (QED) is 0.669. The van der Waals surface area contributed by atoms with E-state index in [-0.39, 0.29) is 0 Å². The Labute approximate surface area is 97.1 Å². The van der Waals surface area contributed by atoms with E-state index in [4.69, 9.17) is 0 Å². The monoisotopic (exact) mass is 226 g/mol. The largest absolute Gasteiger partial charge is 0.147 e. The standard InChI is InChI=1S/C10H16N2S.C2H6/c1-8-3-2-4-9(6-5-8)10-12-11-7-13-10;1-2/h7-9H,2-6H2,1H3;1-2H3. The fraction of sp³-hybridized carbons (Fsp3) is 0.833. The highest BCUT2D eigenvalue weighted by Gasteiger charge is 2.19. The highest BCUT2D eigenvalue weighted by atomic mass is 32.1. The average Bonchev–Trinajstić information content (AvgIpc) is 2.72. The molecule has 0 radical (unpaired) electrons. The van der Waals surface area contributed by atoms with Gasteiger partial charge in [0.25, 0.3) is 0 Å². The predicted octanol–water partition coefficient (Wildman–Crippen LogP) is 4.25. The zero-order valence-electron chi connectivity index (χ0n) is 10.1. The van der Waals surface area contributed by atoms with Crippen LogP contribution >= 0.6 is 11.3 Å². The summed E-state index contributed by atoms with van der Waals surface area (Å²) in [6, 6.07) is 0. The van der Waals surface area contributed by atoms with Crippen molar-refractivity contribution >= 4 is 11.3 Å². The minimum Gasteiger partial charge on any atom is -0.147 e. The molecule has 0 aromatic carbocycles. The summed E-state index contributed by atoms with van der Waals surface area (Å²) in [6.45, 7) is 6.36. The Bertz CT molecular complexity index is 246. The molecule has 2 rings (SSSR count). The van der Waals surface area contributed by atoms with Gasteiger partial charge in [0.05, 0.1) is 0 Å². The van der Waals surface area contributed by atoms with Crippen LogP contribution in [0.15, 0.2) is 5.51 Å². The van der Waals surface area contributed by atoms with Gasteiger partial charge in [-0.1, -0.05) is 40.0 Å². The first-order valence-electron chi connectivity index (χ1n) is 6.12. The molecule has 0 spiro atoms. The van der Waals surface area contributed by atoms with Crippen LogP contribution in [0, 0.1) is 5.92 Å². The first-order chi connectivity index (χ1) is 7.36. The maximum absolute atomic E-state index is 4.18. The fourth-order valence-corrected chi connectivity index (χ4v) is 2.82. The minimum atomic E-state index is 0.706. The molecule has 86 valence electrons. The minimum absolute atomic E-state index is 0.706. The van der Waals surface area contributed by atoms with E-state index >= 15 is 0 Å². The Kier molecular flexibility index (Phi) is 5.84. The van der Waals surface area contributed by atoms with Gasteiger partial charge >= 0.3 is 0 Å². The van der Waals surface area contributed by atoms with Crippen molar-refractivity contribution in [3.05, 3.63) is 10.5 Å². The van der Waals surface area contributed by atoms with Crippen molar-refractivity contribution in [3.8, 4) is 0 Å². The van der Waals surface area contributed by atoms with Crippen molar-refractivity contribution in [1.29, 1.82) is 0 Å². The van der Waals surface area contributed by atoms with Crippen LogP contribution in [0.25, 0.3) is 0 Å². The first kappa shape index (κ1) is 12.6. The van der Waals surface area contributed by atoms with Crippen molar-refractivity contribution in [1.82, 2.24) is 10.2 Å². The Morgan fingerprint density at radius 3 is 2.67 bits per heavy atom. The van der Waals surface area contributed by atoms with Gasteiger partial charge in [0.2, 0.25) is 0 Å². The molecule has 0 aliphatic heterocycles. The van der Waals surface area contributed by atoms with E-state index in [0.717, 1.165) is 5.92 Å². The van der Waals surface area contributed by atoms with E-state index in [2.05, 4.69) is 17.1 Å². The van der Waals surface area contributed by atoms with Crippen molar-refractivity contribution < 1.29 is 0 Å². The summed E-state index contributed by atoms with van der Waals surface area (Å²) in [7, 11) is 0. The molecule has 0 saturated heterocycles. The van der Waals surface area contributed by atoms with Crippen LogP contribution in [0.5, 0.6) is 0 Å². The predicted molar refractivity (Wildman–Crippen MR) is 66.2 cm³/mol. The zero-order valence-corrected chi connectivity index (χ0v) is 10.9. The van der Waals surface area contributed by atoms with Gasteiger partial charge in [-0.3, -0.25) is 0 Å². The molecule has 1 heterocycles. The molecule has 1 aromatic heterocycles. The SMILES string of the molecule is CC.CC1CCCC(c2nncs2)CC1. The lowest BCUT2D eigenvalue weighted by molar-refractivity contribution is 0.499. The molecule has 0 N–H and O–H groups in total. The summed E-state index contributed by atoms with van der Waals surface area (Å²) in [5, 5.41) is 9.35.